The van der Waals surface area contributed by atoms with E-state index in [-0.39, 0.29) is 11.8 Å². The van der Waals surface area contributed by atoms with Crippen molar-refractivity contribution < 1.29 is 9.59 Å². The van der Waals surface area contributed by atoms with Gasteiger partial charge in [0, 0.05) is 19.8 Å². The highest BCUT2D eigenvalue weighted by molar-refractivity contribution is 6.28. The van der Waals surface area contributed by atoms with Crippen LogP contribution in [-0.4, -0.2) is 25.9 Å². The second-order valence-electron chi connectivity index (χ2n) is 5.80. The maximum atomic E-state index is 12.1. The molecule has 120 valence electrons. The van der Waals surface area contributed by atoms with Crippen LogP contribution in [0.2, 0.25) is 0 Å². The quantitative estimate of drug-likeness (QED) is 0.699. The number of hydrogen-bond donors (Lipinski definition) is 1. The normalized spacial score (nSPS) is 17.4. The summed E-state index contributed by atoms with van der Waals surface area (Å²) in [7, 11) is 3.94. The van der Waals surface area contributed by atoms with Gasteiger partial charge in [-0.05, 0) is 35.4 Å². The summed E-state index contributed by atoms with van der Waals surface area (Å²) in [6.07, 6.45) is 3.48. The lowest BCUT2D eigenvalue weighted by Crippen LogP contribution is -2.19. The van der Waals surface area contributed by atoms with Gasteiger partial charge in [0.25, 0.3) is 11.8 Å². The summed E-state index contributed by atoms with van der Waals surface area (Å²) in [5.74, 6) is -0.723. The Hall–Kier alpha value is -3.14. The molecule has 1 saturated heterocycles. The smallest absolute Gasteiger partial charge is 0.258 e. The van der Waals surface area contributed by atoms with Crippen LogP contribution < -0.4 is 10.2 Å². The van der Waals surface area contributed by atoms with Gasteiger partial charge in [-0.25, -0.2) is 0 Å². The van der Waals surface area contributed by atoms with Crippen molar-refractivity contribution in [3.63, 3.8) is 0 Å². The number of benzene rings is 2. The predicted octanol–water partition coefficient (Wildman–Crippen LogP) is 2.88. The van der Waals surface area contributed by atoms with Crippen LogP contribution >= 0.6 is 0 Å². The van der Waals surface area contributed by atoms with Gasteiger partial charge in [-0.2, -0.15) is 0 Å². The van der Waals surface area contributed by atoms with Crippen LogP contribution in [0, 0.1) is 0 Å². The van der Waals surface area contributed by atoms with Gasteiger partial charge in [-0.1, -0.05) is 42.5 Å². The Morgan fingerprint density at radius 2 is 1.25 bits per heavy atom. The minimum atomic E-state index is -0.362. The van der Waals surface area contributed by atoms with Crippen LogP contribution in [0.15, 0.2) is 65.7 Å². The zero-order valence-electron chi connectivity index (χ0n) is 13.6. The molecule has 0 atom stereocenters. The van der Waals surface area contributed by atoms with E-state index in [2.05, 4.69) is 5.32 Å². The van der Waals surface area contributed by atoms with Crippen molar-refractivity contribution in [1.29, 1.82) is 0 Å². The molecule has 0 aromatic heterocycles. The van der Waals surface area contributed by atoms with Crippen molar-refractivity contribution in [3.8, 4) is 0 Å². The minimum absolute atomic E-state index is 0.361. The van der Waals surface area contributed by atoms with Crippen LogP contribution in [0.4, 0.5) is 5.69 Å². The number of carbonyl (C=O) groups is 2. The highest BCUT2D eigenvalue weighted by Gasteiger charge is 2.30. The van der Waals surface area contributed by atoms with Crippen LogP contribution in [0.25, 0.3) is 12.2 Å². The summed E-state index contributed by atoms with van der Waals surface area (Å²) >= 11 is 0. The van der Waals surface area contributed by atoms with E-state index in [9.17, 15) is 9.59 Å². The third kappa shape index (κ3) is 3.27. The molecular weight excluding hydrogens is 300 g/mol. The second-order valence-corrected chi connectivity index (χ2v) is 5.80. The average molecular weight is 318 g/mol. The molecule has 1 fully saturated rings. The van der Waals surface area contributed by atoms with E-state index in [0.717, 1.165) is 16.8 Å². The molecule has 0 saturated carbocycles. The van der Waals surface area contributed by atoms with Crippen molar-refractivity contribution in [2.24, 2.45) is 0 Å². The Morgan fingerprint density at radius 3 is 1.75 bits per heavy atom. The molecule has 3 rings (SSSR count). The molecule has 4 nitrogen and oxygen atoms in total. The number of amides is 2. The van der Waals surface area contributed by atoms with Crippen molar-refractivity contribution in [1.82, 2.24) is 5.32 Å². The summed E-state index contributed by atoms with van der Waals surface area (Å²) in [5, 5.41) is 2.36. The maximum absolute atomic E-state index is 12.1. The first-order valence-electron chi connectivity index (χ1n) is 7.66. The molecule has 1 aliphatic heterocycles. The monoisotopic (exact) mass is 318 g/mol. The van der Waals surface area contributed by atoms with Crippen molar-refractivity contribution in [2.45, 2.75) is 0 Å². The van der Waals surface area contributed by atoms with Crippen LogP contribution in [-0.2, 0) is 9.59 Å². The number of nitrogens with zero attached hydrogens (tertiary/aromatic N) is 1. The average Bonchev–Trinajstić information content (AvgIpc) is 2.83. The Labute approximate surface area is 141 Å². The Balaban J connectivity index is 1.98. The number of rotatable bonds is 3. The van der Waals surface area contributed by atoms with Crippen molar-refractivity contribution in [3.05, 3.63) is 76.9 Å². The van der Waals surface area contributed by atoms with Crippen LogP contribution in [0.3, 0.4) is 0 Å². The molecule has 4 heteroatoms. The molecule has 0 bridgehead atoms. The topological polar surface area (TPSA) is 49.4 Å². The summed E-state index contributed by atoms with van der Waals surface area (Å²) in [6, 6.07) is 17.3. The highest BCUT2D eigenvalue weighted by atomic mass is 16.2. The largest absolute Gasteiger partial charge is 0.378 e. The Morgan fingerprint density at radius 1 is 0.750 bits per heavy atom. The fourth-order valence-corrected chi connectivity index (χ4v) is 2.52. The molecule has 2 amide bonds. The van der Waals surface area contributed by atoms with Gasteiger partial charge in [0.05, 0.1) is 11.1 Å². The van der Waals surface area contributed by atoms with Gasteiger partial charge in [-0.3, -0.25) is 14.9 Å². The van der Waals surface area contributed by atoms with E-state index in [4.69, 9.17) is 0 Å². The van der Waals surface area contributed by atoms with E-state index in [1.807, 2.05) is 73.6 Å². The summed E-state index contributed by atoms with van der Waals surface area (Å²) in [5.41, 5.74) is 3.61. The third-order valence-electron chi connectivity index (χ3n) is 3.84. The summed E-state index contributed by atoms with van der Waals surface area (Å²) in [4.78, 5) is 26.2. The fraction of sp³-hybridized carbons (Fsp3) is 0.100. The summed E-state index contributed by atoms with van der Waals surface area (Å²) in [6.45, 7) is 0. The number of anilines is 1. The van der Waals surface area contributed by atoms with Gasteiger partial charge in [0.2, 0.25) is 0 Å². The fourth-order valence-electron chi connectivity index (χ4n) is 2.52. The van der Waals surface area contributed by atoms with Gasteiger partial charge < -0.3 is 4.90 Å². The number of imide groups is 1. The number of hydrogen-bond acceptors (Lipinski definition) is 3. The molecule has 2 aromatic carbocycles. The van der Waals surface area contributed by atoms with E-state index >= 15 is 0 Å². The van der Waals surface area contributed by atoms with Gasteiger partial charge >= 0.3 is 0 Å². The van der Waals surface area contributed by atoms with Crippen molar-refractivity contribution >= 4 is 29.7 Å². The van der Waals surface area contributed by atoms with Crippen LogP contribution in [0.1, 0.15) is 11.1 Å². The standard InChI is InChI=1S/C20H18N2O2/c1-22(2)16-10-8-15(9-11-16)13-18-17(19(23)21-20(18)24)12-14-6-4-3-5-7-14/h3-13H,1-2H3,(H,21,23,24)/b17-12+,18-13+. The zero-order chi connectivity index (χ0) is 17.1. The molecule has 1 heterocycles. The Kier molecular flexibility index (Phi) is 4.29. The first-order chi connectivity index (χ1) is 11.5. The summed E-state index contributed by atoms with van der Waals surface area (Å²) < 4.78 is 0. The molecule has 24 heavy (non-hydrogen) atoms. The first-order valence-corrected chi connectivity index (χ1v) is 7.66. The first kappa shape index (κ1) is 15.7. The molecule has 0 spiro atoms. The zero-order valence-corrected chi connectivity index (χ0v) is 13.6. The predicted molar refractivity (Wildman–Crippen MR) is 96.3 cm³/mol. The van der Waals surface area contributed by atoms with Crippen LogP contribution in [0.5, 0.6) is 0 Å². The van der Waals surface area contributed by atoms with Gasteiger partial charge in [0.15, 0.2) is 0 Å². The number of carbonyl (C=O) groups excluding carboxylic acids is 2. The Bertz CT molecular complexity index is 832. The van der Waals surface area contributed by atoms with Crippen molar-refractivity contribution in [2.75, 3.05) is 19.0 Å². The SMILES string of the molecule is CN(C)c1ccc(/C=C2/C(=O)NC(=O)/C2=C/c2ccccc2)cc1. The lowest BCUT2D eigenvalue weighted by Gasteiger charge is -2.11. The molecule has 2 aromatic rings. The van der Waals surface area contributed by atoms with E-state index in [0.29, 0.717) is 11.1 Å². The molecule has 0 aliphatic carbocycles. The number of nitrogens with one attached hydrogen (secondary N) is 1. The molecule has 0 unspecified atom stereocenters. The van der Waals surface area contributed by atoms with E-state index in [1.165, 1.54) is 0 Å². The molecule has 1 aliphatic rings. The highest BCUT2D eigenvalue weighted by Crippen LogP contribution is 2.24. The molecular formula is C20H18N2O2. The third-order valence-corrected chi connectivity index (χ3v) is 3.84. The maximum Gasteiger partial charge on any atom is 0.258 e. The van der Waals surface area contributed by atoms with E-state index < -0.39 is 0 Å². The lowest BCUT2D eigenvalue weighted by atomic mass is 10.0. The molecule has 1 N–H and O–H groups in total. The van der Waals surface area contributed by atoms with Gasteiger partial charge in [0.1, 0.15) is 0 Å². The second kappa shape index (κ2) is 6.54. The lowest BCUT2D eigenvalue weighted by molar-refractivity contribution is -0.123. The van der Waals surface area contributed by atoms with E-state index in [1.54, 1.807) is 12.2 Å². The van der Waals surface area contributed by atoms with Gasteiger partial charge in [-0.15, -0.1) is 0 Å². The minimum Gasteiger partial charge on any atom is -0.378 e. The molecule has 0 radical (unpaired) electrons.